The summed E-state index contributed by atoms with van der Waals surface area (Å²) in [7, 11) is 1.61. The molecule has 0 bridgehead atoms. The van der Waals surface area contributed by atoms with Gasteiger partial charge in [-0.25, -0.2) is 0 Å². The quantitative estimate of drug-likeness (QED) is 0.859. The molecule has 0 radical (unpaired) electrons. The van der Waals surface area contributed by atoms with Crippen molar-refractivity contribution < 1.29 is 9.53 Å². The minimum Gasteiger partial charge on any atom is -0.497 e. The summed E-state index contributed by atoms with van der Waals surface area (Å²) in [6, 6.07) is 8.00. The molecule has 2 atom stereocenters. The van der Waals surface area contributed by atoms with Crippen LogP contribution >= 0.6 is 0 Å². The van der Waals surface area contributed by atoms with Crippen LogP contribution in [0.25, 0.3) is 11.4 Å². The van der Waals surface area contributed by atoms with Crippen molar-refractivity contribution >= 4 is 5.91 Å². The molecule has 1 saturated heterocycles. The molecule has 2 unspecified atom stereocenters. The van der Waals surface area contributed by atoms with Crippen molar-refractivity contribution in [1.29, 1.82) is 0 Å². The Labute approximate surface area is 141 Å². The molecule has 1 fully saturated rings. The van der Waals surface area contributed by atoms with Gasteiger partial charge in [0.1, 0.15) is 12.3 Å². The van der Waals surface area contributed by atoms with Crippen molar-refractivity contribution in [3.8, 4) is 17.1 Å². The van der Waals surface area contributed by atoms with E-state index >= 15 is 0 Å². The third-order valence-corrected chi connectivity index (χ3v) is 4.54. The molecule has 2 aromatic rings. The SMILES string of the molecule is COc1cccc(-c2nnn(CC(=O)N3C(C)CCCC3C)n2)c1. The Morgan fingerprint density at radius 2 is 2.04 bits per heavy atom. The number of amides is 1. The highest BCUT2D eigenvalue weighted by atomic mass is 16.5. The molecule has 1 aromatic heterocycles. The van der Waals surface area contributed by atoms with Gasteiger partial charge in [-0.15, -0.1) is 10.2 Å². The highest BCUT2D eigenvalue weighted by molar-refractivity contribution is 5.76. The van der Waals surface area contributed by atoms with Crippen LogP contribution in [0.15, 0.2) is 24.3 Å². The van der Waals surface area contributed by atoms with E-state index in [9.17, 15) is 4.79 Å². The van der Waals surface area contributed by atoms with Crippen molar-refractivity contribution in [3.63, 3.8) is 0 Å². The van der Waals surface area contributed by atoms with E-state index in [2.05, 4.69) is 29.3 Å². The van der Waals surface area contributed by atoms with Crippen molar-refractivity contribution in [1.82, 2.24) is 25.1 Å². The molecule has 0 aliphatic carbocycles. The average Bonchev–Trinajstić information content (AvgIpc) is 3.03. The van der Waals surface area contributed by atoms with Crippen LogP contribution in [0.2, 0.25) is 0 Å². The fourth-order valence-corrected chi connectivity index (χ4v) is 3.30. The highest BCUT2D eigenvalue weighted by Crippen LogP contribution is 2.23. The zero-order valence-electron chi connectivity index (χ0n) is 14.3. The van der Waals surface area contributed by atoms with E-state index in [0.29, 0.717) is 5.82 Å². The van der Waals surface area contributed by atoms with E-state index in [1.807, 2.05) is 29.2 Å². The number of carbonyl (C=O) groups is 1. The number of rotatable bonds is 4. The minimum absolute atomic E-state index is 0.0456. The summed E-state index contributed by atoms with van der Waals surface area (Å²) in [6.07, 6.45) is 3.28. The summed E-state index contributed by atoms with van der Waals surface area (Å²) in [4.78, 5) is 15.9. The van der Waals surface area contributed by atoms with E-state index in [0.717, 1.165) is 24.2 Å². The number of hydrogen-bond acceptors (Lipinski definition) is 5. The zero-order valence-corrected chi connectivity index (χ0v) is 14.3. The van der Waals surface area contributed by atoms with Crippen molar-refractivity contribution in [2.75, 3.05) is 7.11 Å². The van der Waals surface area contributed by atoms with Crippen LogP contribution < -0.4 is 4.74 Å². The molecule has 128 valence electrons. The Hall–Kier alpha value is -2.44. The van der Waals surface area contributed by atoms with Gasteiger partial charge in [0, 0.05) is 17.6 Å². The number of tetrazole rings is 1. The standard InChI is InChI=1S/C17H23N5O2/c1-12-6-4-7-13(2)22(12)16(23)11-21-19-17(18-20-21)14-8-5-9-15(10-14)24-3/h5,8-10,12-13H,4,6-7,11H2,1-3H3. The first-order valence-electron chi connectivity index (χ1n) is 8.32. The summed E-state index contributed by atoms with van der Waals surface area (Å²) in [5, 5.41) is 12.4. The molecule has 1 amide bonds. The lowest BCUT2D eigenvalue weighted by Crippen LogP contribution is -2.48. The molecule has 0 spiro atoms. The average molecular weight is 329 g/mol. The summed E-state index contributed by atoms with van der Waals surface area (Å²) in [5.74, 6) is 1.27. The molecule has 0 saturated carbocycles. The predicted molar refractivity (Wildman–Crippen MR) is 89.4 cm³/mol. The maximum absolute atomic E-state index is 12.6. The number of carbonyl (C=O) groups excluding carboxylic acids is 1. The largest absolute Gasteiger partial charge is 0.497 e. The summed E-state index contributed by atoms with van der Waals surface area (Å²) >= 11 is 0. The molecule has 1 aromatic carbocycles. The van der Waals surface area contributed by atoms with Crippen LogP contribution in [0.1, 0.15) is 33.1 Å². The number of ether oxygens (including phenoxy) is 1. The first-order chi connectivity index (χ1) is 11.6. The van der Waals surface area contributed by atoms with Crippen LogP contribution in [-0.4, -0.2) is 50.2 Å². The summed E-state index contributed by atoms with van der Waals surface area (Å²) in [6.45, 7) is 4.32. The van der Waals surface area contributed by atoms with E-state index in [1.165, 1.54) is 11.2 Å². The lowest BCUT2D eigenvalue weighted by Gasteiger charge is -2.38. The number of piperidine rings is 1. The lowest BCUT2D eigenvalue weighted by molar-refractivity contribution is -0.138. The number of aromatic nitrogens is 4. The van der Waals surface area contributed by atoms with Gasteiger partial charge in [-0.05, 0) is 50.5 Å². The van der Waals surface area contributed by atoms with Crippen molar-refractivity contribution in [2.24, 2.45) is 0 Å². The van der Waals surface area contributed by atoms with Gasteiger partial charge in [0.05, 0.1) is 7.11 Å². The second-order valence-electron chi connectivity index (χ2n) is 6.31. The number of nitrogens with zero attached hydrogens (tertiary/aromatic N) is 5. The molecular weight excluding hydrogens is 306 g/mol. The molecule has 7 heteroatoms. The van der Waals surface area contributed by atoms with E-state index in [-0.39, 0.29) is 24.5 Å². The predicted octanol–water partition coefficient (Wildman–Crippen LogP) is 2.14. The zero-order chi connectivity index (χ0) is 17.1. The van der Waals surface area contributed by atoms with E-state index in [1.54, 1.807) is 7.11 Å². The Balaban J connectivity index is 1.72. The van der Waals surface area contributed by atoms with Crippen LogP contribution in [-0.2, 0) is 11.3 Å². The van der Waals surface area contributed by atoms with Crippen LogP contribution in [0.5, 0.6) is 5.75 Å². The third kappa shape index (κ3) is 3.39. The third-order valence-electron chi connectivity index (χ3n) is 4.54. The summed E-state index contributed by atoms with van der Waals surface area (Å²) in [5.41, 5.74) is 0.813. The van der Waals surface area contributed by atoms with Crippen molar-refractivity contribution in [3.05, 3.63) is 24.3 Å². The minimum atomic E-state index is 0.0456. The van der Waals surface area contributed by atoms with Crippen LogP contribution in [0.3, 0.4) is 0 Å². The monoisotopic (exact) mass is 329 g/mol. The fourth-order valence-electron chi connectivity index (χ4n) is 3.30. The second-order valence-corrected chi connectivity index (χ2v) is 6.31. The molecule has 7 nitrogen and oxygen atoms in total. The molecular formula is C17H23N5O2. The Kier molecular flexibility index (Phi) is 4.78. The molecule has 3 rings (SSSR count). The van der Waals surface area contributed by atoms with Gasteiger partial charge < -0.3 is 9.64 Å². The molecule has 1 aliphatic heterocycles. The van der Waals surface area contributed by atoms with Gasteiger partial charge in [0.15, 0.2) is 0 Å². The lowest BCUT2D eigenvalue weighted by atomic mass is 9.97. The normalized spacial score (nSPS) is 20.9. The Morgan fingerprint density at radius 3 is 2.75 bits per heavy atom. The second kappa shape index (κ2) is 6.98. The fraction of sp³-hybridized carbons (Fsp3) is 0.529. The van der Waals surface area contributed by atoms with Gasteiger partial charge in [-0.2, -0.15) is 4.80 Å². The first kappa shape index (κ1) is 16.4. The Bertz CT molecular complexity index is 705. The molecule has 0 N–H and O–H groups in total. The summed E-state index contributed by atoms with van der Waals surface area (Å²) < 4.78 is 5.21. The maximum atomic E-state index is 12.6. The molecule has 1 aliphatic rings. The highest BCUT2D eigenvalue weighted by Gasteiger charge is 2.29. The molecule has 24 heavy (non-hydrogen) atoms. The van der Waals surface area contributed by atoms with Gasteiger partial charge in [0.25, 0.3) is 0 Å². The smallest absolute Gasteiger partial charge is 0.246 e. The van der Waals surface area contributed by atoms with Crippen LogP contribution in [0, 0.1) is 0 Å². The number of hydrogen-bond donors (Lipinski definition) is 0. The Morgan fingerprint density at radius 1 is 1.29 bits per heavy atom. The van der Waals surface area contributed by atoms with Gasteiger partial charge >= 0.3 is 0 Å². The number of benzene rings is 1. The maximum Gasteiger partial charge on any atom is 0.246 e. The topological polar surface area (TPSA) is 73.1 Å². The van der Waals surface area contributed by atoms with Gasteiger partial charge in [-0.1, -0.05) is 12.1 Å². The van der Waals surface area contributed by atoms with Crippen molar-refractivity contribution in [2.45, 2.75) is 51.7 Å². The van der Waals surface area contributed by atoms with E-state index < -0.39 is 0 Å². The van der Waals surface area contributed by atoms with Crippen LogP contribution in [0.4, 0.5) is 0 Å². The number of likely N-dealkylation sites (tertiary alicyclic amines) is 1. The van der Waals surface area contributed by atoms with E-state index in [4.69, 9.17) is 4.74 Å². The number of methoxy groups -OCH3 is 1. The van der Waals surface area contributed by atoms with Gasteiger partial charge in [-0.3, -0.25) is 4.79 Å². The molecule has 2 heterocycles. The van der Waals surface area contributed by atoms with Gasteiger partial charge in [0.2, 0.25) is 11.7 Å². The first-order valence-corrected chi connectivity index (χ1v) is 8.32.